The molecule has 0 spiro atoms. The van der Waals surface area contributed by atoms with Crippen LogP contribution in [0.15, 0.2) is 0 Å². The third kappa shape index (κ3) is 2.03. The quantitative estimate of drug-likeness (QED) is 0.773. The standard InChI is InChI=1S/C8H13NO2S/c1-3-6-7(4-10)12-8(9-6)5-11-2/h10H,3-5H2,1-2H3. The van der Waals surface area contributed by atoms with Crippen molar-refractivity contribution in [2.24, 2.45) is 0 Å². The molecule has 68 valence electrons. The minimum atomic E-state index is 0.0879. The molecular weight excluding hydrogens is 174 g/mol. The molecule has 0 bridgehead atoms. The van der Waals surface area contributed by atoms with Crippen LogP contribution in [0.2, 0.25) is 0 Å². The van der Waals surface area contributed by atoms with Gasteiger partial charge in [-0.1, -0.05) is 6.92 Å². The van der Waals surface area contributed by atoms with Crippen molar-refractivity contribution in [2.75, 3.05) is 7.11 Å². The van der Waals surface area contributed by atoms with Crippen LogP contribution in [0.1, 0.15) is 22.5 Å². The molecule has 0 aromatic carbocycles. The Balaban J connectivity index is 2.81. The molecule has 0 saturated carbocycles. The Hall–Kier alpha value is -0.450. The number of hydrogen-bond donors (Lipinski definition) is 1. The van der Waals surface area contributed by atoms with Gasteiger partial charge in [0.2, 0.25) is 0 Å². The highest BCUT2D eigenvalue weighted by Gasteiger charge is 2.07. The topological polar surface area (TPSA) is 42.4 Å². The van der Waals surface area contributed by atoms with Gasteiger partial charge in [-0.3, -0.25) is 0 Å². The first kappa shape index (κ1) is 9.64. The summed E-state index contributed by atoms with van der Waals surface area (Å²) in [5.74, 6) is 0. The minimum Gasteiger partial charge on any atom is -0.391 e. The molecule has 0 aliphatic carbocycles. The molecule has 1 aromatic rings. The van der Waals surface area contributed by atoms with E-state index in [-0.39, 0.29) is 6.61 Å². The summed E-state index contributed by atoms with van der Waals surface area (Å²) in [6, 6.07) is 0. The molecule has 0 aliphatic heterocycles. The van der Waals surface area contributed by atoms with Crippen molar-refractivity contribution in [1.82, 2.24) is 4.98 Å². The molecule has 0 aliphatic rings. The van der Waals surface area contributed by atoms with Crippen molar-refractivity contribution in [3.63, 3.8) is 0 Å². The first-order chi connectivity index (χ1) is 5.81. The fourth-order valence-electron chi connectivity index (χ4n) is 1.02. The third-order valence-corrected chi connectivity index (χ3v) is 2.62. The Morgan fingerprint density at radius 3 is 2.75 bits per heavy atom. The lowest BCUT2D eigenvalue weighted by Crippen LogP contribution is -1.89. The van der Waals surface area contributed by atoms with Crippen LogP contribution >= 0.6 is 11.3 Å². The minimum absolute atomic E-state index is 0.0879. The zero-order valence-corrected chi connectivity index (χ0v) is 8.15. The molecule has 0 saturated heterocycles. The lowest BCUT2D eigenvalue weighted by molar-refractivity contribution is 0.184. The van der Waals surface area contributed by atoms with Gasteiger partial charge in [0.1, 0.15) is 5.01 Å². The number of rotatable bonds is 4. The van der Waals surface area contributed by atoms with Crippen LogP contribution in [0.3, 0.4) is 0 Å². The van der Waals surface area contributed by atoms with Crippen molar-refractivity contribution in [1.29, 1.82) is 0 Å². The summed E-state index contributed by atoms with van der Waals surface area (Å²) >= 11 is 1.52. The summed E-state index contributed by atoms with van der Waals surface area (Å²) in [6.07, 6.45) is 0.871. The molecule has 1 rings (SSSR count). The van der Waals surface area contributed by atoms with E-state index in [1.165, 1.54) is 11.3 Å². The second-order valence-electron chi connectivity index (χ2n) is 2.42. The van der Waals surface area contributed by atoms with Gasteiger partial charge in [-0.05, 0) is 6.42 Å². The summed E-state index contributed by atoms with van der Waals surface area (Å²) in [7, 11) is 1.64. The first-order valence-electron chi connectivity index (χ1n) is 3.89. The van der Waals surface area contributed by atoms with Crippen LogP contribution in [0.5, 0.6) is 0 Å². The van der Waals surface area contributed by atoms with Gasteiger partial charge in [0, 0.05) is 7.11 Å². The number of aryl methyl sites for hydroxylation is 1. The number of methoxy groups -OCH3 is 1. The highest BCUT2D eigenvalue weighted by Crippen LogP contribution is 2.19. The highest BCUT2D eigenvalue weighted by molar-refractivity contribution is 7.11. The molecule has 4 heteroatoms. The number of hydrogen-bond acceptors (Lipinski definition) is 4. The van der Waals surface area contributed by atoms with E-state index in [4.69, 9.17) is 9.84 Å². The van der Waals surface area contributed by atoms with Crippen LogP contribution < -0.4 is 0 Å². The van der Waals surface area contributed by atoms with Gasteiger partial charge in [0.15, 0.2) is 0 Å². The van der Waals surface area contributed by atoms with Crippen LogP contribution in [0, 0.1) is 0 Å². The van der Waals surface area contributed by atoms with Crippen LogP contribution in [-0.2, 0) is 24.4 Å². The summed E-state index contributed by atoms with van der Waals surface area (Å²) in [5.41, 5.74) is 0.995. The number of aromatic nitrogens is 1. The monoisotopic (exact) mass is 187 g/mol. The number of ether oxygens (including phenoxy) is 1. The van der Waals surface area contributed by atoms with E-state index >= 15 is 0 Å². The van der Waals surface area contributed by atoms with Crippen molar-refractivity contribution in [3.8, 4) is 0 Å². The van der Waals surface area contributed by atoms with Gasteiger partial charge in [-0.25, -0.2) is 4.98 Å². The fourth-order valence-corrected chi connectivity index (χ4v) is 2.01. The lowest BCUT2D eigenvalue weighted by Gasteiger charge is -1.90. The molecule has 1 aromatic heterocycles. The molecule has 1 heterocycles. The maximum atomic E-state index is 8.96. The average molecular weight is 187 g/mol. The molecule has 3 nitrogen and oxygen atoms in total. The summed E-state index contributed by atoms with van der Waals surface area (Å²) in [6.45, 7) is 2.66. The van der Waals surface area contributed by atoms with Crippen molar-refractivity contribution < 1.29 is 9.84 Å². The predicted octanol–water partition coefficient (Wildman–Crippen LogP) is 1.34. The Kier molecular flexibility index (Phi) is 3.65. The van der Waals surface area contributed by atoms with Crippen LogP contribution in [0.25, 0.3) is 0 Å². The molecule has 1 N–H and O–H groups in total. The third-order valence-electron chi connectivity index (χ3n) is 1.57. The number of nitrogens with zero attached hydrogens (tertiary/aromatic N) is 1. The van der Waals surface area contributed by atoms with E-state index in [1.54, 1.807) is 7.11 Å². The van der Waals surface area contributed by atoms with E-state index in [0.29, 0.717) is 6.61 Å². The smallest absolute Gasteiger partial charge is 0.119 e. The Bertz CT molecular complexity index is 226. The van der Waals surface area contributed by atoms with Gasteiger partial charge < -0.3 is 9.84 Å². The predicted molar refractivity (Wildman–Crippen MR) is 48.1 cm³/mol. The van der Waals surface area contributed by atoms with E-state index in [0.717, 1.165) is 22.0 Å². The van der Waals surface area contributed by atoms with Crippen molar-refractivity contribution in [2.45, 2.75) is 26.6 Å². The van der Waals surface area contributed by atoms with E-state index < -0.39 is 0 Å². The van der Waals surface area contributed by atoms with Crippen molar-refractivity contribution in [3.05, 3.63) is 15.6 Å². The summed E-state index contributed by atoms with van der Waals surface area (Å²) in [5, 5.41) is 9.90. The average Bonchev–Trinajstić information content (AvgIpc) is 2.48. The number of aliphatic hydroxyl groups is 1. The molecule has 0 amide bonds. The molecule has 12 heavy (non-hydrogen) atoms. The van der Waals surface area contributed by atoms with E-state index in [1.807, 2.05) is 6.92 Å². The molecule has 0 unspecified atom stereocenters. The largest absolute Gasteiger partial charge is 0.391 e. The van der Waals surface area contributed by atoms with Gasteiger partial charge in [-0.15, -0.1) is 11.3 Å². The molecule has 0 atom stereocenters. The number of thiazole rings is 1. The molecular formula is C8H13NO2S. The van der Waals surface area contributed by atoms with Gasteiger partial charge in [0.25, 0.3) is 0 Å². The Morgan fingerprint density at radius 2 is 2.33 bits per heavy atom. The van der Waals surface area contributed by atoms with Crippen molar-refractivity contribution >= 4 is 11.3 Å². The van der Waals surface area contributed by atoms with Gasteiger partial charge >= 0.3 is 0 Å². The zero-order chi connectivity index (χ0) is 8.97. The Labute approximate surface area is 76.0 Å². The second kappa shape index (κ2) is 4.54. The number of aliphatic hydroxyl groups excluding tert-OH is 1. The SMILES string of the molecule is CCc1nc(COC)sc1CO. The summed E-state index contributed by atoms with van der Waals surface area (Å²) < 4.78 is 4.95. The Morgan fingerprint density at radius 1 is 1.58 bits per heavy atom. The lowest BCUT2D eigenvalue weighted by atomic mass is 10.3. The zero-order valence-electron chi connectivity index (χ0n) is 7.33. The van der Waals surface area contributed by atoms with Crippen LogP contribution in [-0.4, -0.2) is 17.2 Å². The highest BCUT2D eigenvalue weighted by atomic mass is 32.1. The normalized spacial score (nSPS) is 10.6. The molecule has 0 radical (unpaired) electrons. The molecule has 0 fully saturated rings. The fraction of sp³-hybridized carbons (Fsp3) is 0.625. The van der Waals surface area contributed by atoms with Crippen LogP contribution in [0.4, 0.5) is 0 Å². The summed E-state index contributed by atoms with van der Waals surface area (Å²) in [4.78, 5) is 5.29. The van der Waals surface area contributed by atoms with Gasteiger partial charge in [0.05, 0.1) is 23.8 Å². The first-order valence-corrected chi connectivity index (χ1v) is 4.70. The second-order valence-corrected chi connectivity index (χ2v) is 3.59. The van der Waals surface area contributed by atoms with E-state index in [2.05, 4.69) is 4.98 Å². The maximum absolute atomic E-state index is 8.96. The van der Waals surface area contributed by atoms with E-state index in [9.17, 15) is 0 Å². The van der Waals surface area contributed by atoms with Gasteiger partial charge in [-0.2, -0.15) is 0 Å². The maximum Gasteiger partial charge on any atom is 0.119 e.